The smallest absolute Gasteiger partial charge is 0.244 e. The van der Waals surface area contributed by atoms with Gasteiger partial charge in [-0.15, -0.1) is 0 Å². The van der Waals surface area contributed by atoms with Crippen LogP contribution >= 0.6 is 11.3 Å². The van der Waals surface area contributed by atoms with Gasteiger partial charge in [-0.05, 0) is 41.8 Å². The third-order valence-electron chi connectivity index (χ3n) is 2.86. The first-order valence-electron chi connectivity index (χ1n) is 6.24. The maximum atomic E-state index is 12.3. The first-order chi connectivity index (χ1) is 9.54. The van der Waals surface area contributed by atoms with Gasteiger partial charge in [-0.25, -0.2) is 13.1 Å². The largest absolute Gasteiger partial charge is 0.384 e. The topological polar surface area (TPSA) is 71.1 Å². The van der Waals surface area contributed by atoms with Crippen LogP contribution in [-0.4, -0.2) is 19.9 Å². The van der Waals surface area contributed by atoms with Gasteiger partial charge in [-0.3, -0.25) is 4.98 Å². The van der Waals surface area contributed by atoms with Crippen LogP contribution in [0.1, 0.15) is 18.1 Å². The fourth-order valence-electron chi connectivity index (χ4n) is 1.75. The van der Waals surface area contributed by atoms with Crippen molar-refractivity contribution >= 4 is 27.0 Å². The van der Waals surface area contributed by atoms with E-state index in [1.165, 1.54) is 6.20 Å². The highest BCUT2D eigenvalue weighted by atomic mass is 32.2. The summed E-state index contributed by atoms with van der Waals surface area (Å²) in [7, 11) is -3.58. The summed E-state index contributed by atoms with van der Waals surface area (Å²) in [4.78, 5) is 4.07. The lowest BCUT2D eigenvalue weighted by Gasteiger charge is -2.11. The molecule has 2 rings (SSSR count). The molecule has 0 aliphatic rings. The van der Waals surface area contributed by atoms with Crippen molar-refractivity contribution in [2.75, 3.05) is 11.9 Å². The van der Waals surface area contributed by atoms with Crippen molar-refractivity contribution in [1.29, 1.82) is 0 Å². The summed E-state index contributed by atoms with van der Waals surface area (Å²) in [6.45, 7) is 4.82. The van der Waals surface area contributed by atoms with E-state index in [1.807, 2.05) is 24.6 Å². The number of pyridine rings is 1. The summed E-state index contributed by atoms with van der Waals surface area (Å²) in [6, 6.07) is 1.66. The lowest BCUT2D eigenvalue weighted by atomic mass is 10.2. The molecule has 20 heavy (non-hydrogen) atoms. The Balaban J connectivity index is 2.20. The Bertz CT molecular complexity index is 680. The van der Waals surface area contributed by atoms with E-state index in [2.05, 4.69) is 15.0 Å². The summed E-state index contributed by atoms with van der Waals surface area (Å²) < 4.78 is 27.3. The molecule has 5 nitrogen and oxygen atoms in total. The number of hydrogen-bond acceptors (Lipinski definition) is 5. The van der Waals surface area contributed by atoms with E-state index < -0.39 is 10.0 Å². The number of anilines is 1. The average Bonchev–Trinajstić information content (AvgIpc) is 2.83. The summed E-state index contributed by atoms with van der Waals surface area (Å²) in [5.41, 5.74) is 2.65. The summed E-state index contributed by atoms with van der Waals surface area (Å²) in [5.74, 6) is 0. The van der Waals surface area contributed by atoms with Gasteiger partial charge in [0.25, 0.3) is 0 Å². The van der Waals surface area contributed by atoms with Gasteiger partial charge in [0.2, 0.25) is 10.0 Å². The van der Waals surface area contributed by atoms with Gasteiger partial charge < -0.3 is 5.32 Å². The maximum Gasteiger partial charge on any atom is 0.244 e. The van der Waals surface area contributed by atoms with Crippen molar-refractivity contribution < 1.29 is 8.42 Å². The molecular weight excluding hydrogens is 294 g/mol. The minimum atomic E-state index is -3.58. The molecule has 2 N–H and O–H groups in total. The fourth-order valence-corrected chi connectivity index (χ4v) is 3.74. The Kier molecular flexibility index (Phi) is 4.74. The molecule has 7 heteroatoms. The van der Waals surface area contributed by atoms with Crippen LogP contribution in [0.15, 0.2) is 34.1 Å². The quantitative estimate of drug-likeness (QED) is 0.859. The Morgan fingerprint density at radius 3 is 2.80 bits per heavy atom. The molecule has 2 aromatic rings. The van der Waals surface area contributed by atoms with Gasteiger partial charge in [0.1, 0.15) is 4.90 Å². The summed E-state index contributed by atoms with van der Waals surface area (Å²) in [6.07, 6.45) is 2.93. The zero-order chi connectivity index (χ0) is 14.6. The second-order valence-electron chi connectivity index (χ2n) is 4.31. The van der Waals surface area contributed by atoms with Gasteiger partial charge in [0.15, 0.2) is 0 Å². The average molecular weight is 311 g/mol. The molecule has 0 fully saturated rings. The fraction of sp³-hybridized carbons (Fsp3) is 0.308. The molecule has 0 spiro atoms. The van der Waals surface area contributed by atoms with Crippen LogP contribution in [0.5, 0.6) is 0 Å². The molecule has 0 unspecified atom stereocenters. The van der Waals surface area contributed by atoms with Crippen LogP contribution in [0.4, 0.5) is 5.69 Å². The molecule has 0 bridgehead atoms. The second-order valence-corrected chi connectivity index (χ2v) is 6.79. The minimum Gasteiger partial charge on any atom is -0.384 e. The summed E-state index contributed by atoms with van der Waals surface area (Å²) >= 11 is 1.56. The Hall–Kier alpha value is -1.44. The molecule has 0 aromatic carbocycles. The number of rotatable bonds is 6. The zero-order valence-electron chi connectivity index (χ0n) is 11.4. The number of nitrogens with one attached hydrogen (secondary N) is 2. The number of aromatic nitrogens is 1. The standard InChI is InChI=1S/C13H17N3O2S2/c1-3-15-12-4-5-14-7-13(12)20(17,18)16-6-11-9-19-8-10(11)2/h4-5,7-9,16H,3,6H2,1-2H3,(H,14,15). The molecule has 0 aliphatic carbocycles. The number of sulfonamides is 1. The Morgan fingerprint density at radius 1 is 1.35 bits per heavy atom. The van der Waals surface area contributed by atoms with Crippen molar-refractivity contribution in [3.8, 4) is 0 Å². The molecule has 0 aliphatic heterocycles. The molecule has 2 aromatic heterocycles. The van der Waals surface area contributed by atoms with E-state index in [4.69, 9.17) is 0 Å². The van der Waals surface area contributed by atoms with Gasteiger partial charge in [0, 0.05) is 25.5 Å². The number of aryl methyl sites for hydroxylation is 1. The highest BCUT2D eigenvalue weighted by Crippen LogP contribution is 2.20. The summed E-state index contributed by atoms with van der Waals surface area (Å²) in [5, 5.41) is 6.98. The van der Waals surface area contributed by atoms with E-state index in [-0.39, 0.29) is 11.4 Å². The molecule has 0 atom stereocenters. The SMILES string of the molecule is CCNc1ccncc1S(=O)(=O)NCc1cscc1C. The van der Waals surface area contributed by atoms with Gasteiger partial charge in [0.05, 0.1) is 5.69 Å². The highest BCUT2D eigenvalue weighted by molar-refractivity contribution is 7.89. The molecule has 0 saturated carbocycles. The van der Waals surface area contributed by atoms with Crippen LogP contribution in [0.2, 0.25) is 0 Å². The zero-order valence-corrected chi connectivity index (χ0v) is 13.0. The predicted molar refractivity (Wildman–Crippen MR) is 81.5 cm³/mol. The molecule has 0 amide bonds. The minimum absolute atomic E-state index is 0.176. The number of thiophene rings is 1. The van der Waals surface area contributed by atoms with Gasteiger partial charge in [-0.1, -0.05) is 0 Å². The third kappa shape index (κ3) is 3.36. The highest BCUT2D eigenvalue weighted by Gasteiger charge is 2.18. The molecule has 108 valence electrons. The molecule has 0 radical (unpaired) electrons. The molecule has 0 saturated heterocycles. The number of nitrogens with zero attached hydrogens (tertiary/aromatic N) is 1. The number of hydrogen-bond donors (Lipinski definition) is 2. The van der Waals surface area contributed by atoms with Gasteiger partial charge >= 0.3 is 0 Å². The van der Waals surface area contributed by atoms with Crippen molar-refractivity contribution in [2.24, 2.45) is 0 Å². The van der Waals surface area contributed by atoms with Crippen LogP contribution in [-0.2, 0) is 16.6 Å². The lowest BCUT2D eigenvalue weighted by molar-refractivity contribution is 0.581. The predicted octanol–water partition coefficient (Wildman–Crippen LogP) is 2.36. The second kappa shape index (κ2) is 6.34. The first-order valence-corrected chi connectivity index (χ1v) is 8.66. The van der Waals surface area contributed by atoms with E-state index in [0.717, 1.165) is 11.1 Å². The Labute approximate surface area is 123 Å². The van der Waals surface area contributed by atoms with E-state index >= 15 is 0 Å². The molecular formula is C13H17N3O2S2. The van der Waals surface area contributed by atoms with Crippen LogP contribution in [0.3, 0.4) is 0 Å². The van der Waals surface area contributed by atoms with E-state index in [0.29, 0.717) is 12.2 Å². The van der Waals surface area contributed by atoms with Crippen molar-refractivity contribution in [2.45, 2.75) is 25.3 Å². The van der Waals surface area contributed by atoms with Crippen LogP contribution < -0.4 is 10.0 Å². The van der Waals surface area contributed by atoms with Crippen molar-refractivity contribution in [3.05, 3.63) is 40.3 Å². The molecule has 2 heterocycles. The monoisotopic (exact) mass is 311 g/mol. The van der Waals surface area contributed by atoms with Crippen LogP contribution in [0.25, 0.3) is 0 Å². The van der Waals surface area contributed by atoms with E-state index in [1.54, 1.807) is 23.6 Å². The van der Waals surface area contributed by atoms with E-state index in [9.17, 15) is 8.42 Å². The van der Waals surface area contributed by atoms with Crippen LogP contribution in [0, 0.1) is 6.92 Å². The first kappa shape index (κ1) is 15.0. The maximum absolute atomic E-state index is 12.3. The normalized spacial score (nSPS) is 11.5. The van der Waals surface area contributed by atoms with Gasteiger partial charge in [-0.2, -0.15) is 11.3 Å². The Morgan fingerprint density at radius 2 is 2.15 bits per heavy atom. The van der Waals surface area contributed by atoms with Crippen molar-refractivity contribution in [3.63, 3.8) is 0 Å². The van der Waals surface area contributed by atoms with Crippen molar-refractivity contribution in [1.82, 2.24) is 9.71 Å². The lowest BCUT2D eigenvalue weighted by Crippen LogP contribution is -2.24. The third-order valence-corrected chi connectivity index (χ3v) is 5.19.